The van der Waals surface area contributed by atoms with Gasteiger partial charge in [0.1, 0.15) is 11.5 Å². The number of alkyl halides is 3. The number of nitrogens with zero attached hydrogens (tertiary/aromatic N) is 2. The number of nitrogens with one attached hydrogen (secondary N) is 2. The first-order chi connectivity index (χ1) is 17.2. The number of benzene rings is 2. The number of anilines is 2. The van der Waals surface area contributed by atoms with Crippen molar-refractivity contribution in [2.45, 2.75) is 19.5 Å². The van der Waals surface area contributed by atoms with E-state index >= 15 is 0 Å². The number of H-pyrrole nitrogens is 1. The lowest BCUT2D eigenvalue weighted by Crippen LogP contribution is -2.47. The van der Waals surface area contributed by atoms with Crippen LogP contribution in [0.15, 0.2) is 42.5 Å². The summed E-state index contributed by atoms with van der Waals surface area (Å²) in [6.07, 6.45) is -4.28. The smallest absolute Gasteiger partial charge is 0.416 e. The number of hydrogen-bond donors (Lipinski definition) is 2. The molecule has 0 unspecified atom stereocenters. The van der Waals surface area contributed by atoms with Crippen molar-refractivity contribution in [3.63, 3.8) is 0 Å². The van der Waals surface area contributed by atoms with E-state index in [1.165, 1.54) is 24.3 Å². The fourth-order valence-corrected chi connectivity index (χ4v) is 4.22. The normalized spacial score (nSPS) is 14.8. The van der Waals surface area contributed by atoms with Crippen molar-refractivity contribution in [3.05, 3.63) is 59.5 Å². The molecule has 0 radical (unpaired) electrons. The Labute approximate surface area is 205 Å². The Balaban J connectivity index is 1.35. The highest BCUT2D eigenvalue weighted by atomic mass is 19.4. The van der Waals surface area contributed by atoms with Gasteiger partial charge in [0, 0.05) is 55.7 Å². The van der Waals surface area contributed by atoms with Gasteiger partial charge in [0.05, 0.1) is 17.9 Å². The summed E-state index contributed by atoms with van der Waals surface area (Å²) in [7, 11) is 0. The van der Waals surface area contributed by atoms with Gasteiger partial charge < -0.3 is 19.9 Å². The Morgan fingerprint density at radius 1 is 1.08 bits per heavy atom. The predicted molar refractivity (Wildman–Crippen MR) is 128 cm³/mol. The average Bonchev–Trinajstić information content (AvgIpc) is 3.20. The zero-order chi connectivity index (χ0) is 25.9. The quantitative estimate of drug-likeness (QED) is 0.360. The van der Waals surface area contributed by atoms with Crippen molar-refractivity contribution >= 4 is 34.2 Å². The molecule has 192 valence electrons. The van der Waals surface area contributed by atoms with Crippen LogP contribution in [0.1, 0.15) is 29.4 Å². The van der Waals surface area contributed by atoms with Gasteiger partial charge in [0.25, 0.3) is 0 Å². The van der Waals surface area contributed by atoms with Crippen molar-refractivity contribution in [1.29, 1.82) is 0 Å². The molecule has 0 aliphatic carbocycles. The Morgan fingerprint density at radius 2 is 1.83 bits per heavy atom. The molecule has 2 aromatic carbocycles. The van der Waals surface area contributed by atoms with Gasteiger partial charge in [-0.1, -0.05) is 6.07 Å². The Kier molecular flexibility index (Phi) is 7.48. The van der Waals surface area contributed by atoms with E-state index in [2.05, 4.69) is 10.3 Å². The zero-order valence-corrected chi connectivity index (χ0v) is 19.6. The van der Waals surface area contributed by atoms with Crippen molar-refractivity contribution in [3.8, 4) is 0 Å². The molecule has 11 heteroatoms. The van der Waals surface area contributed by atoms with Crippen LogP contribution >= 0.6 is 0 Å². The standard InChI is InChI=1S/C25H26F4N4O3/c1-2-36-24(35)23-22(19-15-17(26)6-7-20(19)30-23)31-21(34)8-9-32-10-12-33(13-11-32)18-5-3-4-16(14-18)25(27,28)29/h3-7,14-15,30H,2,8-13H2,1H3,(H,31,34). The fraction of sp³-hybridized carbons (Fsp3) is 0.360. The van der Waals surface area contributed by atoms with Crippen LogP contribution in [-0.4, -0.2) is 61.1 Å². The molecule has 0 bridgehead atoms. The van der Waals surface area contributed by atoms with E-state index in [1.54, 1.807) is 13.0 Å². The summed E-state index contributed by atoms with van der Waals surface area (Å²) < 4.78 is 57.9. The molecule has 7 nitrogen and oxygen atoms in total. The molecule has 3 aromatic rings. The number of fused-ring (bicyclic) bond motifs is 1. The van der Waals surface area contributed by atoms with E-state index in [0.717, 1.165) is 12.1 Å². The van der Waals surface area contributed by atoms with Gasteiger partial charge in [-0.2, -0.15) is 13.2 Å². The second kappa shape index (κ2) is 10.6. The van der Waals surface area contributed by atoms with Crippen molar-refractivity contribution in [1.82, 2.24) is 9.88 Å². The van der Waals surface area contributed by atoms with Gasteiger partial charge in [-0.05, 0) is 43.3 Å². The van der Waals surface area contributed by atoms with E-state index in [4.69, 9.17) is 4.74 Å². The lowest BCUT2D eigenvalue weighted by Gasteiger charge is -2.36. The molecule has 0 spiro atoms. The van der Waals surface area contributed by atoms with Crippen LogP contribution in [0.4, 0.5) is 28.9 Å². The minimum Gasteiger partial charge on any atom is -0.461 e. The highest BCUT2D eigenvalue weighted by molar-refractivity contribution is 6.11. The number of halogens is 4. The number of piperazine rings is 1. The summed E-state index contributed by atoms with van der Waals surface area (Å²) in [6.45, 7) is 4.43. The third-order valence-electron chi connectivity index (χ3n) is 6.07. The van der Waals surface area contributed by atoms with E-state index in [-0.39, 0.29) is 30.3 Å². The summed E-state index contributed by atoms with van der Waals surface area (Å²) in [6, 6.07) is 9.21. The zero-order valence-electron chi connectivity index (χ0n) is 19.6. The summed E-state index contributed by atoms with van der Waals surface area (Å²) >= 11 is 0. The van der Waals surface area contributed by atoms with Gasteiger partial charge in [-0.3, -0.25) is 9.69 Å². The van der Waals surface area contributed by atoms with Gasteiger partial charge >= 0.3 is 12.1 Å². The number of carbonyl (C=O) groups is 2. The Hall–Kier alpha value is -3.60. The maximum Gasteiger partial charge on any atom is 0.416 e. The molecule has 1 amide bonds. The van der Waals surface area contributed by atoms with Crippen LogP contribution < -0.4 is 10.2 Å². The van der Waals surface area contributed by atoms with Crippen LogP contribution in [0.25, 0.3) is 10.9 Å². The third kappa shape index (κ3) is 5.78. The van der Waals surface area contributed by atoms with Crippen LogP contribution in [-0.2, 0) is 15.7 Å². The van der Waals surface area contributed by atoms with Gasteiger partial charge in [-0.15, -0.1) is 0 Å². The molecule has 4 rings (SSSR count). The topological polar surface area (TPSA) is 77.7 Å². The fourth-order valence-electron chi connectivity index (χ4n) is 4.22. The number of aromatic nitrogens is 1. The number of ether oxygens (including phenoxy) is 1. The molecular formula is C25H26F4N4O3. The minimum atomic E-state index is -4.39. The summed E-state index contributed by atoms with van der Waals surface area (Å²) in [5.74, 6) is -1.52. The summed E-state index contributed by atoms with van der Waals surface area (Å²) in [5, 5.41) is 3.08. The second-order valence-corrected chi connectivity index (χ2v) is 8.46. The minimum absolute atomic E-state index is 0.0421. The molecule has 1 aromatic heterocycles. The second-order valence-electron chi connectivity index (χ2n) is 8.46. The number of aromatic amines is 1. The monoisotopic (exact) mass is 506 g/mol. The van der Waals surface area contributed by atoms with Crippen molar-refractivity contribution < 1.29 is 31.9 Å². The van der Waals surface area contributed by atoms with Gasteiger partial charge in [0.15, 0.2) is 0 Å². The molecule has 36 heavy (non-hydrogen) atoms. The van der Waals surface area contributed by atoms with Crippen LogP contribution in [0.5, 0.6) is 0 Å². The number of carbonyl (C=O) groups excluding carboxylic acids is 2. The van der Waals surface area contributed by atoms with E-state index < -0.39 is 23.5 Å². The van der Waals surface area contributed by atoms with Crippen LogP contribution in [0.2, 0.25) is 0 Å². The lowest BCUT2D eigenvalue weighted by atomic mass is 10.1. The first-order valence-corrected chi connectivity index (χ1v) is 11.6. The highest BCUT2D eigenvalue weighted by Crippen LogP contribution is 2.32. The first-order valence-electron chi connectivity index (χ1n) is 11.6. The molecule has 1 fully saturated rings. The maximum absolute atomic E-state index is 13.8. The van der Waals surface area contributed by atoms with Gasteiger partial charge in [-0.25, -0.2) is 9.18 Å². The predicted octanol–water partition coefficient (Wildman–Crippen LogP) is 4.65. The van der Waals surface area contributed by atoms with E-state index in [9.17, 15) is 27.2 Å². The third-order valence-corrected chi connectivity index (χ3v) is 6.07. The number of rotatable bonds is 7. The number of amides is 1. The van der Waals surface area contributed by atoms with Gasteiger partial charge in [0.2, 0.25) is 5.91 Å². The molecule has 1 saturated heterocycles. The van der Waals surface area contributed by atoms with Crippen LogP contribution in [0, 0.1) is 5.82 Å². The molecule has 0 saturated carbocycles. The number of hydrogen-bond acceptors (Lipinski definition) is 5. The Bertz CT molecular complexity index is 1250. The SMILES string of the molecule is CCOC(=O)c1[nH]c2ccc(F)cc2c1NC(=O)CCN1CCN(c2cccc(C(F)(F)F)c2)CC1. The van der Waals surface area contributed by atoms with E-state index in [1.807, 2.05) is 9.80 Å². The molecule has 2 heterocycles. The molecule has 2 N–H and O–H groups in total. The first kappa shape index (κ1) is 25.5. The van der Waals surface area contributed by atoms with Crippen LogP contribution in [0.3, 0.4) is 0 Å². The molecule has 1 aliphatic rings. The van der Waals surface area contributed by atoms with Crippen molar-refractivity contribution in [2.24, 2.45) is 0 Å². The summed E-state index contributed by atoms with van der Waals surface area (Å²) in [5.41, 5.74) is 0.530. The number of esters is 1. The maximum atomic E-state index is 13.8. The molecule has 0 atom stereocenters. The highest BCUT2D eigenvalue weighted by Gasteiger charge is 2.31. The average molecular weight is 507 g/mol. The molecule has 1 aliphatic heterocycles. The van der Waals surface area contributed by atoms with E-state index in [0.29, 0.717) is 49.3 Å². The molecular weight excluding hydrogens is 480 g/mol. The largest absolute Gasteiger partial charge is 0.461 e. The van der Waals surface area contributed by atoms with Crippen molar-refractivity contribution in [2.75, 3.05) is 49.5 Å². The Morgan fingerprint density at radius 3 is 2.53 bits per heavy atom. The lowest BCUT2D eigenvalue weighted by molar-refractivity contribution is -0.137. The summed E-state index contributed by atoms with van der Waals surface area (Å²) in [4.78, 5) is 31.9.